The Kier molecular flexibility index (Phi) is 43.5. The molecule has 0 rings (SSSR count). The molecule has 0 aliphatic heterocycles. The third kappa shape index (κ3) is 46.8. The third-order valence-corrected chi connectivity index (χ3v) is 12.9. The molecule has 0 aromatic carbocycles. The Bertz CT molecular complexity index is 1050. The molecule has 1 amide bonds. The standard InChI is InChI=1S/C52H103N2O6P/c1-6-8-10-12-14-16-18-20-21-22-23-24-25-26-27-28-29-30-31-32-33-34-36-38-40-42-44-46-52(56)53-50(49-60-61(57,58)59-48-47-54(3,4)5)51(55)45-43-41-39-37-35-19-17-15-13-11-9-7-2/h26-27,43,45,50-51,55H,6-25,28-42,44,46-49H2,1-5H3,(H-,53,56,57,58)/p+1/b27-26-,45-43+. The van der Waals surface area contributed by atoms with Crippen LogP contribution in [0.5, 0.6) is 0 Å². The number of phosphoric acid groups is 1. The molecule has 0 bridgehead atoms. The number of nitrogens with one attached hydrogen (secondary N) is 1. The number of amides is 1. The van der Waals surface area contributed by atoms with Gasteiger partial charge in [-0.1, -0.05) is 224 Å². The largest absolute Gasteiger partial charge is 0.472 e. The van der Waals surface area contributed by atoms with Gasteiger partial charge in [0.05, 0.1) is 39.9 Å². The molecule has 0 aliphatic carbocycles. The van der Waals surface area contributed by atoms with Gasteiger partial charge in [0.1, 0.15) is 13.2 Å². The van der Waals surface area contributed by atoms with E-state index in [0.717, 1.165) is 38.5 Å². The molecule has 0 saturated carbocycles. The van der Waals surface area contributed by atoms with Crippen molar-refractivity contribution < 1.29 is 32.9 Å². The van der Waals surface area contributed by atoms with Crippen molar-refractivity contribution in [2.45, 2.75) is 264 Å². The van der Waals surface area contributed by atoms with Gasteiger partial charge in [-0.25, -0.2) is 4.57 Å². The van der Waals surface area contributed by atoms with E-state index in [9.17, 15) is 19.4 Å². The maximum absolute atomic E-state index is 12.9. The van der Waals surface area contributed by atoms with Gasteiger partial charge in [0.25, 0.3) is 0 Å². The van der Waals surface area contributed by atoms with Crippen LogP contribution >= 0.6 is 7.82 Å². The van der Waals surface area contributed by atoms with Gasteiger partial charge in [-0.05, 0) is 44.9 Å². The first-order valence-corrected chi connectivity index (χ1v) is 27.7. The van der Waals surface area contributed by atoms with E-state index in [-0.39, 0.29) is 19.1 Å². The Labute approximate surface area is 379 Å². The van der Waals surface area contributed by atoms with Crippen LogP contribution in [0.15, 0.2) is 24.3 Å². The summed E-state index contributed by atoms with van der Waals surface area (Å²) >= 11 is 0. The van der Waals surface area contributed by atoms with Gasteiger partial charge in [0, 0.05) is 6.42 Å². The van der Waals surface area contributed by atoms with Gasteiger partial charge in [0.2, 0.25) is 5.91 Å². The smallest absolute Gasteiger partial charge is 0.387 e. The van der Waals surface area contributed by atoms with Crippen LogP contribution in [0.3, 0.4) is 0 Å². The number of nitrogens with zero attached hydrogens (tertiary/aromatic N) is 1. The molecule has 3 unspecified atom stereocenters. The number of rotatable bonds is 48. The molecule has 362 valence electrons. The Morgan fingerprint density at radius 1 is 0.541 bits per heavy atom. The van der Waals surface area contributed by atoms with Crippen LogP contribution in [-0.2, 0) is 18.4 Å². The number of aliphatic hydroxyl groups is 1. The SMILES string of the molecule is CCCCCCCCCCCC/C=C/C(O)C(COP(=O)(O)OCC[N+](C)(C)C)NC(=O)CCCCCCCCCCCCC/C=C\CCCCCCCCCCCCCC. The van der Waals surface area contributed by atoms with Crippen molar-refractivity contribution in [3.05, 3.63) is 24.3 Å². The lowest BCUT2D eigenvalue weighted by atomic mass is 10.0. The summed E-state index contributed by atoms with van der Waals surface area (Å²) in [6.07, 6.45) is 54.1. The van der Waals surface area contributed by atoms with Crippen LogP contribution in [0.25, 0.3) is 0 Å². The monoisotopic (exact) mass is 884 g/mol. The van der Waals surface area contributed by atoms with Gasteiger partial charge >= 0.3 is 7.82 Å². The fraction of sp³-hybridized carbons (Fsp3) is 0.904. The summed E-state index contributed by atoms with van der Waals surface area (Å²) in [5.41, 5.74) is 0. The number of quaternary nitrogens is 1. The van der Waals surface area contributed by atoms with E-state index in [0.29, 0.717) is 17.4 Å². The van der Waals surface area contributed by atoms with E-state index in [1.54, 1.807) is 6.08 Å². The van der Waals surface area contributed by atoms with Gasteiger partial charge < -0.3 is 19.8 Å². The molecule has 0 aromatic heterocycles. The number of carbonyl (C=O) groups excluding carboxylic acids is 1. The molecule has 0 aromatic rings. The minimum atomic E-state index is -4.34. The van der Waals surface area contributed by atoms with Crippen molar-refractivity contribution in [2.24, 2.45) is 0 Å². The topological polar surface area (TPSA) is 105 Å². The highest BCUT2D eigenvalue weighted by molar-refractivity contribution is 7.47. The first kappa shape index (κ1) is 60.0. The Hall–Kier alpha value is -1.02. The molecule has 3 N–H and O–H groups in total. The van der Waals surface area contributed by atoms with Gasteiger partial charge in [-0.3, -0.25) is 13.8 Å². The fourth-order valence-electron chi connectivity index (χ4n) is 7.74. The zero-order valence-corrected chi connectivity index (χ0v) is 42.1. The van der Waals surface area contributed by atoms with E-state index >= 15 is 0 Å². The first-order valence-electron chi connectivity index (χ1n) is 26.2. The summed E-state index contributed by atoms with van der Waals surface area (Å²) in [5.74, 6) is -0.176. The summed E-state index contributed by atoms with van der Waals surface area (Å²) in [6, 6.07) is -0.843. The van der Waals surface area contributed by atoms with Crippen LogP contribution < -0.4 is 5.32 Å². The van der Waals surface area contributed by atoms with Crippen LogP contribution in [-0.4, -0.2) is 73.4 Å². The average molecular weight is 884 g/mol. The van der Waals surface area contributed by atoms with Gasteiger partial charge in [0.15, 0.2) is 0 Å². The number of unbranched alkanes of at least 4 members (excludes halogenated alkanes) is 33. The first-order chi connectivity index (χ1) is 29.5. The van der Waals surface area contributed by atoms with Crippen LogP contribution in [0.4, 0.5) is 0 Å². The molecular formula is C52H104N2O6P+. The number of allylic oxidation sites excluding steroid dienone is 3. The fourth-order valence-corrected chi connectivity index (χ4v) is 8.48. The van der Waals surface area contributed by atoms with E-state index < -0.39 is 20.0 Å². The van der Waals surface area contributed by atoms with E-state index in [1.807, 2.05) is 27.2 Å². The lowest BCUT2D eigenvalue weighted by molar-refractivity contribution is -0.870. The molecule has 61 heavy (non-hydrogen) atoms. The van der Waals surface area contributed by atoms with Crippen molar-refractivity contribution in [1.29, 1.82) is 0 Å². The van der Waals surface area contributed by atoms with Crippen LogP contribution in [0, 0.1) is 0 Å². The quantitative estimate of drug-likeness (QED) is 0.0243. The second kappa shape index (κ2) is 44.2. The van der Waals surface area contributed by atoms with Crippen LogP contribution in [0.2, 0.25) is 0 Å². The number of carbonyl (C=O) groups is 1. The number of hydrogen-bond acceptors (Lipinski definition) is 5. The molecule has 0 fully saturated rings. The highest BCUT2D eigenvalue weighted by atomic mass is 31.2. The number of aliphatic hydroxyl groups excluding tert-OH is 1. The summed E-state index contributed by atoms with van der Waals surface area (Å²) in [6.45, 7) is 4.83. The second-order valence-electron chi connectivity index (χ2n) is 19.3. The van der Waals surface area contributed by atoms with Crippen molar-refractivity contribution in [1.82, 2.24) is 5.32 Å². The zero-order chi connectivity index (χ0) is 45.0. The molecule has 0 heterocycles. The highest BCUT2D eigenvalue weighted by Crippen LogP contribution is 2.43. The summed E-state index contributed by atoms with van der Waals surface area (Å²) in [7, 11) is 1.58. The van der Waals surface area contributed by atoms with Crippen molar-refractivity contribution in [3.63, 3.8) is 0 Å². The number of likely N-dealkylation sites (N-methyl/N-ethyl adjacent to an activating group) is 1. The molecule has 0 radical (unpaired) electrons. The molecular weight excluding hydrogens is 780 g/mol. The maximum atomic E-state index is 12.9. The predicted molar refractivity (Wildman–Crippen MR) is 263 cm³/mol. The Morgan fingerprint density at radius 2 is 0.885 bits per heavy atom. The second-order valence-corrected chi connectivity index (χ2v) is 20.7. The number of hydrogen-bond donors (Lipinski definition) is 3. The van der Waals surface area contributed by atoms with Gasteiger partial charge in [-0.2, -0.15) is 0 Å². The summed E-state index contributed by atoms with van der Waals surface area (Å²) < 4.78 is 23.6. The normalized spacial score (nSPS) is 14.3. The Balaban J connectivity index is 4.12. The molecule has 0 spiro atoms. The molecule has 0 aliphatic rings. The van der Waals surface area contributed by atoms with Crippen molar-refractivity contribution >= 4 is 13.7 Å². The van der Waals surface area contributed by atoms with E-state index in [2.05, 4.69) is 31.3 Å². The maximum Gasteiger partial charge on any atom is 0.472 e. The molecule has 9 heteroatoms. The van der Waals surface area contributed by atoms with E-state index in [4.69, 9.17) is 9.05 Å². The average Bonchev–Trinajstić information content (AvgIpc) is 3.21. The number of phosphoric ester groups is 1. The van der Waals surface area contributed by atoms with E-state index in [1.165, 1.54) is 193 Å². The zero-order valence-electron chi connectivity index (χ0n) is 41.2. The molecule has 0 saturated heterocycles. The summed E-state index contributed by atoms with van der Waals surface area (Å²) in [5, 5.41) is 13.8. The van der Waals surface area contributed by atoms with Crippen molar-refractivity contribution in [2.75, 3.05) is 40.9 Å². The minimum absolute atomic E-state index is 0.0628. The lowest BCUT2D eigenvalue weighted by Crippen LogP contribution is -2.45. The van der Waals surface area contributed by atoms with Gasteiger partial charge in [-0.15, -0.1) is 0 Å². The molecule has 3 atom stereocenters. The summed E-state index contributed by atoms with van der Waals surface area (Å²) in [4.78, 5) is 23.2. The van der Waals surface area contributed by atoms with Crippen LogP contribution in [0.1, 0.15) is 251 Å². The predicted octanol–water partition coefficient (Wildman–Crippen LogP) is 15.3. The lowest BCUT2D eigenvalue weighted by Gasteiger charge is -2.25. The molecule has 8 nitrogen and oxygen atoms in total. The minimum Gasteiger partial charge on any atom is -0.387 e. The van der Waals surface area contributed by atoms with Crippen molar-refractivity contribution in [3.8, 4) is 0 Å². The third-order valence-electron chi connectivity index (χ3n) is 11.9. The highest BCUT2D eigenvalue weighted by Gasteiger charge is 2.27. The Morgan fingerprint density at radius 3 is 1.26 bits per heavy atom.